The number of amides is 1. The molecule has 2 atom stereocenters. The molecule has 1 aromatic rings. The summed E-state index contributed by atoms with van der Waals surface area (Å²) in [4.78, 5) is 18.3. The first-order chi connectivity index (χ1) is 10.4. The average Bonchev–Trinajstić information content (AvgIpc) is 3.14. The summed E-state index contributed by atoms with van der Waals surface area (Å²) < 4.78 is 5.56. The summed E-state index contributed by atoms with van der Waals surface area (Å²) in [6, 6.07) is 9.90. The summed E-state index contributed by atoms with van der Waals surface area (Å²) in [5.74, 6) is 0.0775. The fourth-order valence-electron chi connectivity index (χ4n) is 3.48. The third-order valence-corrected chi connectivity index (χ3v) is 4.59. The number of benzene rings is 1. The van der Waals surface area contributed by atoms with E-state index in [1.54, 1.807) is 0 Å². The van der Waals surface area contributed by atoms with Gasteiger partial charge >= 0.3 is 6.09 Å². The summed E-state index contributed by atoms with van der Waals surface area (Å²) in [5.41, 5.74) is 0.330. The van der Waals surface area contributed by atoms with Gasteiger partial charge in [-0.3, -0.25) is 4.90 Å². The van der Waals surface area contributed by atoms with Crippen LogP contribution in [0.5, 0.6) is 0 Å². The van der Waals surface area contributed by atoms with Crippen molar-refractivity contribution < 1.29 is 9.53 Å². The van der Waals surface area contributed by atoms with Gasteiger partial charge in [0.05, 0.1) is 5.92 Å². The number of carbonyl (C=O) groups excluding carboxylic acids is 1. The van der Waals surface area contributed by atoms with Gasteiger partial charge in [-0.2, -0.15) is 0 Å². The smallest absolute Gasteiger partial charge is 0.411 e. The van der Waals surface area contributed by atoms with Gasteiger partial charge < -0.3 is 9.58 Å². The molecule has 4 nitrogen and oxygen atoms in total. The van der Waals surface area contributed by atoms with Crippen LogP contribution in [-0.4, -0.2) is 34.7 Å². The standard InChI is InChI=1S/C18H22N2O2/c1-17(2,3)22-16(21)20-12-14(13-8-6-5-7-9-13)15(19-4)18(20)10-11-18/h5-9,14-15H,10-12H2,1-3H3/t14-,15-/m1/s1. The van der Waals surface area contributed by atoms with Crippen LogP contribution in [0.15, 0.2) is 30.3 Å². The van der Waals surface area contributed by atoms with E-state index < -0.39 is 5.60 Å². The highest BCUT2D eigenvalue weighted by molar-refractivity contribution is 5.71. The van der Waals surface area contributed by atoms with Gasteiger partial charge in [0, 0.05) is 6.54 Å². The second kappa shape index (κ2) is 5.01. The Bertz CT molecular complexity index is 608. The van der Waals surface area contributed by atoms with Crippen molar-refractivity contribution in [3.05, 3.63) is 47.3 Å². The zero-order valence-corrected chi connectivity index (χ0v) is 13.4. The zero-order chi connectivity index (χ0) is 16.0. The van der Waals surface area contributed by atoms with Crippen molar-refractivity contribution in [1.29, 1.82) is 0 Å². The highest BCUT2D eigenvalue weighted by atomic mass is 16.6. The molecule has 0 bridgehead atoms. The minimum absolute atomic E-state index is 0.0775. The summed E-state index contributed by atoms with van der Waals surface area (Å²) >= 11 is 0. The van der Waals surface area contributed by atoms with Crippen molar-refractivity contribution in [3.63, 3.8) is 0 Å². The fourth-order valence-corrected chi connectivity index (χ4v) is 3.48. The van der Waals surface area contributed by atoms with Crippen LogP contribution < -0.4 is 0 Å². The molecule has 0 N–H and O–H groups in total. The molecule has 0 radical (unpaired) electrons. The zero-order valence-electron chi connectivity index (χ0n) is 13.4. The molecule has 1 saturated carbocycles. The normalized spacial score (nSPS) is 25.8. The molecule has 1 amide bonds. The third kappa shape index (κ3) is 2.45. The Morgan fingerprint density at radius 1 is 1.32 bits per heavy atom. The van der Waals surface area contributed by atoms with E-state index >= 15 is 0 Å². The van der Waals surface area contributed by atoms with Crippen LogP contribution in [0.4, 0.5) is 4.79 Å². The van der Waals surface area contributed by atoms with Gasteiger partial charge in [-0.15, -0.1) is 0 Å². The molecule has 1 aliphatic heterocycles. The molecule has 1 heterocycles. The van der Waals surface area contributed by atoms with Gasteiger partial charge in [-0.25, -0.2) is 11.4 Å². The predicted octanol–water partition coefficient (Wildman–Crippen LogP) is 3.84. The van der Waals surface area contributed by atoms with E-state index in [2.05, 4.69) is 17.0 Å². The van der Waals surface area contributed by atoms with Crippen molar-refractivity contribution in [2.24, 2.45) is 0 Å². The summed E-state index contributed by atoms with van der Waals surface area (Å²) in [6.07, 6.45) is 1.53. The minimum Gasteiger partial charge on any atom is -0.444 e. The van der Waals surface area contributed by atoms with Crippen LogP contribution in [0.2, 0.25) is 0 Å². The lowest BCUT2D eigenvalue weighted by molar-refractivity contribution is 0.0199. The molecule has 22 heavy (non-hydrogen) atoms. The molecule has 2 aliphatic rings. The number of likely N-dealkylation sites (tertiary alicyclic amines) is 1. The molecule has 1 aromatic carbocycles. The maximum Gasteiger partial charge on any atom is 0.411 e. The quantitative estimate of drug-likeness (QED) is 0.738. The van der Waals surface area contributed by atoms with E-state index in [0.717, 1.165) is 18.4 Å². The van der Waals surface area contributed by atoms with Gasteiger partial charge in [-0.1, -0.05) is 30.3 Å². The Kier molecular flexibility index (Phi) is 3.40. The third-order valence-electron chi connectivity index (χ3n) is 4.59. The summed E-state index contributed by atoms with van der Waals surface area (Å²) in [7, 11) is 0. The van der Waals surface area contributed by atoms with E-state index in [0.29, 0.717) is 6.54 Å². The Morgan fingerprint density at radius 3 is 2.45 bits per heavy atom. The maximum atomic E-state index is 12.6. The molecule has 1 aliphatic carbocycles. The lowest BCUT2D eigenvalue weighted by Crippen LogP contribution is -2.43. The van der Waals surface area contributed by atoms with E-state index in [9.17, 15) is 4.79 Å². The first kappa shape index (κ1) is 14.9. The summed E-state index contributed by atoms with van der Waals surface area (Å²) in [5, 5.41) is 0. The molecule has 2 fully saturated rings. The Balaban J connectivity index is 1.88. The molecule has 1 spiro atoms. The van der Waals surface area contributed by atoms with Crippen molar-refractivity contribution in [2.75, 3.05) is 6.54 Å². The Labute approximate surface area is 131 Å². The van der Waals surface area contributed by atoms with Gasteiger partial charge in [-0.05, 0) is 39.2 Å². The molecule has 0 aromatic heterocycles. The number of ether oxygens (including phenoxy) is 1. The Hall–Kier alpha value is -2.02. The highest BCUT2D eigenvalue weighted by Crippen LogP contribution is 2.55. The van der Waals surface area contributed by atoms with Gasteiger partial charge in [0.1, 0.15) is 11.1 Å². The fraction of sp³-hybridized carbons (Fsp3) is 0.556. The van der Waals surface area contributed by atoms with Crippen LogP contribution in [0, 0.1) is 6.57 Å². The van der Waals surface area contributed by atoms with E-state index in [-0.39, 0.29) is 23.6 Å². The van der Waals surface area contributed by atoms with Gasteiger partial charge in [0.25, 0.3) is 6.04 Å². The highest BCUT2D eigenvalue weighted by Gasteiger charge is 2.68. The van der Waals surface area contributed by atoms with Crippen molar-refractivity contribution >= 4 is 6.09 Å². The SMILES string of the molecule is [C-]#[N+][C@@H]1[C@@H](c2ccccc2)CN(C(=O)OC(C)(C)C)C12CC2. The number of hydrogen-bond acceptors (Lipinski definition) is 2. The minimum atomic E-state index is -0.508. The molecule has 4 heteroatoms. The Morgan fingerprint density at radius 2 is 1.95 bits per heavy atom. The number of rotatable bonds is 1. The predicted molar refractivity (Wildman–Crippen MR) is 84.5 cm³/mol. The van der Waals surface area contributed by atoms with E-state index in [1.807, 2.05) is 43.9 Å². The monoisotopic (exact) mass is 298 g/mol. The van der Waals surface area contributed by atoms with Gasteiger partial charge in [0.2, 0.25) is 0 Å². The van der Waals surface area contributed by atoms with Crippen molar-refractivity contribution in [3.8, 4) is 0 Å². The molecular formula is C18H22N2O2. The summed E-state index contributed by atoms with van der Waals surface area (Å²) in [6.45, 7) is 13.8. The van der Waals surface area contributed by atoms with Crippen LogP contribution in [-0.2, 0) is 4.74 Å². The molecular weight excluding hydrogens is 276 g/mol. The second-order valence-corrected chi connectivity index (χ2v) is 7.29. The topological polar surface area (TPSA) is 33.9 Å². The average molecular weight is 298 g/mol. The van der Waals surface area contributed by atoms with Crippen LogP contribution >= 0.6 is 0 Å². The van der Waals surface area contributed by atoms with E-state index in [4.69, 9.17) is 11.3 Å². The number of nitrogens with zero attached hydrogens (tertiary/aromatic N) is 2. The van der Waals surface area contributed by atoms with Crippen LogP contribution in [0.1, 0.15) is 45.1 Å². The number of hydrogen-bond donors (Lipinski definition) is 0. The van der Waals surface area contributed by atoms with Crippen molar-refractivity contribution in [1.82, 2.24) is 4.90 Å². The van der Waals surface area contributed by atoms with Crippen LogP contribution in [0.25, 0.3) is 4.85 Å². The molecule has 0 unspecified atom stereocenters. The second-order valence-electron chi connectivity index (χ2n) is 7.29. The van der Waals surface area contributed by atoms with E-state index in [1.165, 1.54) is 0 Å². The first-order valence-electron chi connectivity index (χ1n) is 7.79. The molecule has 116 valence electrons. The van der Waals surface area contributed by atoms with Crippen molar-refractivity contribution in [2.45, 2.75) is 56.7 Å². The lowest BCUT2D eigenvalue weighted by atomic mass is 9.91. The molecule has 1 saturated heterocycles. The largest absolute Gasteiger partial charge is 0.444 e. The maximum absolute atomic E-state index is 12.6. The first-order valence-corrected chi connectivity index (χ1v) is 7.79. The van der Waals surface area contributed by atoms with Crippen LogP contribution in [0.3, 0.4) is 0 Å². The number of carbonyl (C=O) groups is 1. The van der Waals surface area contributed by atoms with Gasteiger partial charge in [0.15, 0.2) is 0 Å². The lowest BCUT2D eigenvalue weighted by Gasteiger charge is -2.27. The molecule has 3 rings (SSSR count).